The molecule has 170 valence electrons. The van der Waals surface area contributed by atoms with Gasteiger partial charge in [0.15, 0.2) is 11.5 Å². The number of benzene rings is 1. The number of nitrogens with one attached hydrogen (secondary N) is 1. The maximum absolute atomic E-state index is 12.6. The summed E-state index contributed by atoms with van der Waals surface area (Å²) in [6.07, 6.45) is -2.92. The van der Waals surface area contributed by atoms with E-state index in [0.717, 1.165) is 11.4 Å². The highest BCUT2D eigenvalue weighted by Gasteiger charge is 2.27. The van der Waals surface area contributed by atoms with Crippen molar-refractivity contribution in [3.8, 4) is 0 Å². The third-order valence-electron chi connectivity index (χ3n) is 5.27. The smallest absolute Gasteiger partial charge is 0.367 e. The van der Waals surface area contributed by atoms with E-state index >= 15 is 0 Å². The van der Waals surface area contributed by atoms with Gasteiger partial charge in [-0.1, -0.05) is 24.3 Å². The highest BCUT2D eigenvalue weighted by atomic mass is 19.4. The Morgan fingerprint density at radius 2 is 1.81 bits per heavy atom. The van der Waals surface area contributed by atoms with Gasteiger partial charge in [0.1, 0.15) is 6.61 Å². The summed E-state index contributed by atoms with van der Waals surface area (Å²) in [5, 5.41) is 18.5. The number of rotatable bonds is 7. The lowest BCUT2D eigenvalue weighted by molar-refractivity contribution is -0.176. The molecule has 0 saturated carbocycles. The van der Waals surface area contributed by atoms with Gasteiger partial charge in [0.25, 0.3) is 0 Å². The monoisotopic (exact) mass is 449 g/mol. The third kappa shape index (κ3) is 5.69. The molecular formula is C20H22F3N7O2. The van der Waals surface area contributed by atoms with Gasteiger partial charge in [0, 0.05) is 25.6 Å². The number of nitrogens with zero attached hydrogens (tertiary/aromatic N) is 6. The van der Waals surface area contributed by atoms with Crippen LogP contribution in [0.3, 0.4) is 0 Å². The van der Waals surface area contributed by atoms with Crippen molar-refractivity contribution < 1.29 is 22.7 Å². The number of hydrogen-bond donors (Lipinski definition) is 1. The molecule has 2 aromatic heterocycles. The number of halogens is 3. The van der Waals surface area contributed by atoms with Crippen molar-refractivity contribution in [3.63, 3.8) is 0 Å². The first-order valence-corrected chi connectivity index (χ1v) is 10.2. The highest BCUT2D eigenvalue weighted by Crippen LogP contribution is 2.22. The van der Waals surface area contributed by atoms with Crippen molar-refractivity contribution in [1.29, 1.82) is 0 Å². The van der Waals surface area contributed by atoms with Crippen LogP contribution in [0.1, 0.15) is 24.0 Å². The van der Waals surface area contributed by atoms with E-state index in [1.54, 1.807) is 30.3 Å². The van der Waals surface area contributed by atoms with E-state index in [4.69, 9.17) is 0 Å². The summed E-state index contributed by atoms with van der Waals surface area (Å²) in [5.41, 5.74) is 2.09. The summed E-state index contributed by atoms with van der Waals surface area (Å²) in [6, 6.07) is 10.6. The normalized spacial score (nSPS) is 15.3. The van der Waals surface area contributed by atoms with E-state index in [9.17, 15) is 18.0 Å². The number of hydrogen-bond acceptors (Lipinski definition) is 7. The zero-order valence-electron chi connectivity index (χ0n) is 17.1. The number of anilines is 1. The zero-order chi connectivity index (χ0) is 22.6. The number of aromatic nitrogens is 5. The van der Waals surface area contributed by atoms with E-state index in [0.29, 0.717) is 43.7 Å². The van der Waals surface area contributed by atoms with Gasteiger partial charge in [-0.2, -0.15) is 13.2 Å². The van der Waals surface area contributed by atoms with Gasteiger partial charge in [-0.25, -0.2) is 0 Å². The number of ether oxygens (including phenoxy) is 1. The Labute approximate surface area is 181 Å². The van der Waals surface area contributed by atoms with Crippen LogP contribution in [0.4, 0.5) is 19.0 Å². The molecule has 32 heavy (non-hydrogen) atoms. The van der Waals surface area contributed by atoms with Crippen molar-refractivity contribution in [2.45, 2.75) is 32.2 Å². The molecule has 1 aliphatic heterocycles. The van der Waals surface area contributed by atoms with Crippen LogP contribution in [0.2, 0.25) is 0 Å². The predicted molar refractivity (Wildman–Crippen MR) is 108 cm³/mol. The topological polar surface area (TPSA) is 97.5 Å². The number of fused-ring (bicyclic) bond motifs is 1. The maximum Gasteiger partial charge on any atom is 0.411 e. The van der Waals surface area contributed by atoms with Gasteiger partial charge in [-0.05, 0) is 46.5 Å². The SMILES string of the molecule is O=C(NCc1ccc(COCC(F)(F)F)cc1)C1CCN(c2ccc3nnnn3n2)CC1. The summed E-state index contributed by atoms with van der Waals surface area (Å²) < 4.78 is 42.4. The van der Waals surface area contributed by atoms with Crippen LogP contribution >= 0.6 is 0 Å². The molecule has 1 aromatic carbocycles. The van der Waals surface area contributed by atoms with Gasteiger partial charge in [-0.3, -0.25) is 4.79 Å². The van der Waals surface area contributed by atoms with Gasteiger partial charge in [0.05, 0.1) is 6.61 Å². The molecule has 4 rings (SSSR count). The summed E-state index contributed by atoms with van der Waals surface area (Å²) in [6.45, 7) is 0.378. The number of piperidine rings is 1. The highest BCUT2D eigenvalue weighted by molar-refractivity contribution is 5.79. The Balaban J connectivity index is 1.21. The molecule has 0 spiro atoms. The van der Waals surface area contributed by atoms with Crippen molar-refractivity contribution in [3.05, 3.63) is 47.5 Å². The minimum Gasteiger partial charge on any atom is -0.367 e. The molecule has 1 aliphatic rings. The van der Waals surface area contributed by atoms with Gasteiger partial charge < -0.3 is 15.0 Å². The molecule has 1 fully saturated rings. The molecule has 1 amide bonds. The second kappa shape index (κ2) is 9.47. The van der Waals surface area contributed by atoms with Crippen LogP contribution in [0.15, 0.2) is 36.4 Å². The molecule has 0 aliphatic carbocycles. The van der Waals surface area contributed by atoms with Gasteiger partial charge in [-0.15, -0.1) is 14.8 Å². The summed E-state index contributed by atoms with van der Waals surface area (Å²) in [4.78, 5) is 14.7. The molecule has 0 atom stereocenters. The molecule has 0 radical (unpaired) electrons. The van der Waals surface area contributed by atoms with Crippen molar-refractivity contribution >= 4 is 17.4 Å². The van der Waals surface area contributed by atoms with E-state index in [2.05, 4.69) is 35.6 Å². The van der Waals surface area contributed by atoms with Crippen molar-refractivity contribution in [2.75, 3.05) is 24.6 Å². The summed E-state index contributed by atoms with van der Waals surface area (Å²) in [7, 11) is 0. The first-order chi connectivity index (χ1) is 15.4. The minimum atomic E-state index is -4.33. The Bertz CT molecular complexity index is 1050. The summed E-state index contributed by atoms with van der Waals surface area (Å²) in [5.74, 6) is 0.673. The second-order valence-electron chi connectivity index (χ2n) is 7.62. The Kier molecular flexibility index (Phi) is 6.49. The Morgan fingerprint density at radius 1 is 1.09 bits per heavy atom. The Morgan fingerprint density at radius 3 is 2.53 bits per heavy atom. The molecule has 3 heterocycles. The number of carbonyl (C=O) groups is 1. The first kappa shape index (κ1) is 21.9. The molecule has 0 unspecified atom stereocenters. The fourth-order valence-electron chi connectivity index (χ4n) is 3.55. The first-order valence-electron chi connectivity index (χ1n) is 10.2. The largest absolute Gasteiger partial charge is 0.411 e. The minimum absolute atomic E-state index is 0.00822. The van der Waals surface area contributed by atoms with E-state index in [1.807, 2.05) is 6.07 Å². The lowest BCUT2D eigenvalue weighted by Gasteiger charge is -2.31. The fourth-order valence-corrected chi connectivity index (χ4v) is 3.55. The average molecular weight is 449 g/mol. The molecule has 0 bridgehead atoms. The third-order valence-corrected chi connectivity index (χ3v) is 5.27. The van der Waals surface area contributed by atoms with Gasteiger partial charge >= 0.3 is 6.18 Å². The molecule has 12 heteroatoms. The zero-order valence-corrected chi connectivity index (χ0v) is 17.1. The number of amides is 1. The van der Waals surface area contributed by atoms with E-state index in [-0.39, 0.29) is 18.4 Å². The number of alkyl halides is 3. The Hall–Kier alpha value is -3.28. The average Bonchev–Trinajstić information content (AvgIpc) is 3.25. The van der Waals surface area contributed by atoms with E-state index in [1.165, 1.54) is 4.63 Å². The van der Waals surface area contributed by atoms with Crippen molar-refractivity contribution in [1.82, 2.24) is 30.6 Å². The molecule has 1 saturated heterocycles. The van der Waals surface area contributed by atoms with E-state index < -0.39 is 12.8 Å². The van der Waals surface area contributed by atoms with Gasteiger partial charge in [0.2, 0.25) is 5.91 Å². The second-order valence-corrected chi connectivity index (χ2v) is 7.62. The maximum atomic E-state index is 12.6. The standard InChI is InChI=1S/C20H22F3N7O2/c21-20(22,23)13-32-12-15-3-1-14(2-4-15)11-24-19(31)16-7-9-29(10-8-16)18-6-5-17-25-27-28-30(17)26-18/h1-6,16H,7-13H2,(H,24,31). The molecule has 1 N–H and O–H groups in total. The van der Waals surface area contributed by atoms with Crippen LogP contribution in [0, 0.1) is 5.92 Å². The molecular weight excluding hydrogens is 427 g/mol. The lowest BCUT2D eigenvalue weighted by atomic mass is 9.96. The number of tetrazole rings is 1. The molecule has 3 aromatic rings. The van der Waals surface area contributed by atoms with Crippen LogP contribution in [-0.4, -0.2) is 57.0 Å². The van der Waals surface area contributed by atoms with Crippen LogP contribution in [0.25, 0.3) is 5.65 Å². The van der Waals surface area contributed by atoms with Crippen LogP contribution in [-0.2, 0) is 22.7 Å². The van der Waals surface area contributed by atoms with Crippen LogP contribution in [0.5, 0.6) is 0 Å². The predicted octanol–water partition coefficient (Wildman–Crippen LogP) is 2.13. The molecule has 9 nitrogen and oxygen atoms in total. The quantitative estimate of drug-likeness (QED) is 0.590. The van der Waals surface area contributed by atoms with Crippen LogP contribution < -0.4 is 10.2 Å². The van der Waals surface area contributed by atoms with Crippen molar-refractivity contribution in [2.24, 2.45) is 5.92 Å². The lowest BCUT2D eigenvalue weighted by Crippen LogP contribution is -2.40. The number of carbonyl (C=O) groups excluding carboxylic acids is 1. The fraction of sp³-hybridized carbons (Fsp3) is 0.450. The summed E-state index contributed by atoms with van der Waals surface area (Å²) >= 11 is 0.